The SMILES string of the molecule is CNC(=O)COc1ccc(S(=O)(=O)NCc2ccco2)cc1F. The molecule has 23 heavy (non-hydrogen) atoms. The first-order valence-electron chi connectivity index (χ1n) is 6.57. The zero-order valence-corrected chi connectivity index (χ0v) is 13.0. The van der Waals surface area contributed by atoms with Crippen LogP contribution in [-0.2, 0) is 21.4 Å². The molecular formula is C14H15FN2O5S. The molecule has 2 N–H and O–H groups in total. The number of amides is 1. The Kier molecular flexibility index (Phi) is 5.35. The first kappa shape index (κ1) is 17.0. The van der Waals surface area contributed by atoms with Gasteiger partial charge in [0.2, 0.25) is 10.0 Å². The zero-order valence-electron chi connectivity index (χ0n) is 12.2. The number of benzene rings is 1. The van der Waals surface area contributed by atoms with Crippen LogP contribution in [0.4, 0.5) is 4.39 Å². The fourth-order valence-electron chi connectivity index (χ4n) is 1.64. The van der Waals surface area contributed by atoms with E-state index in [0.717, 1.165) is 12.1 Å². The van der Waals surface area contributed by atoms with E-state index in [0.29, 0.717) is 5.76 Å². The molecule has 0 bridgehead atoms. The van der Waals surface area contributed by atoms with E-state index in [1.165, 1.54) is 19.4 Å². The van der Waals surface area contributed by atoms with Crippen LogP contribution in [0.25, 0.3) is 0 Å². The van der Waals surface area contributed by atoms with E-state index < -0.39 is 21.7 Å². The summed E-state index contributed by atoms with van der Waals surface area (Å²) < 4.78 is 50.3. The van der Waals surface area contributed by atoms with E-state index >= 15 is 0 Å². The van der Waals surface area contributed by atoms with Gasteiger partial charge >= 0.3 is 0 Å². The quantitative estimate of drug-likeness (QED) is 0.783. The highest BCUT2D eigenvalue weighted by Gasteiger charge is 2.17. The Balaban J connectivity index is 2.07. The van der Waals surface area contributed by atoms with Crippen molar-refractivity contribution < 1.29 is 26.8 Å². The average molecular weight is 342 g/mol. The molecule has 0 saturated heterocycles. The molecule has 0 aliphatic heterocycles. The van der Waals surface area contributed by atoms with Crippen molar-refractivity contribution in [2.24, 2.45) is 0 Å². The molecule has 0 saturated carbocycles. The Bertz CT molecular complexity index is 774. The molecule has 7 nitrogen and oxygen atoms in total. The van der Waals surface area contributed by atoms with Gasteiger partial charge in [0.25, 0.3) is 5.91 Å². The highest BCUT2D eigenvalue weighted by atomic mass is 32.2. The van der Waals surface area contributed by atoms with E-state index in [4.69, 9.17) is 9.15 Å². The lowest BCUT2D eigenvalue weighted by Crippen LogP contribution is -2.25. The van der Waals surface area contributed by atoms with E-state index in [1.807, 2.05) is 0 Å². The number of likely N-dealkylation sites (N-methyl/N-ethyl adjacent to an activating group) is 1. The second kappa shape index (κ2) is 7.25. The van der Waals surface area contributed by atoms with E-state index in [1.54, 1.807) is 12.1 Å². The lowest BCUT2D eigenvalue weighted by Gasteiger charge is -2.09. The van der Waals surface area contributed by atoms with Crippen LogP contribution >= 0.6 is 0 Å². The highest BCUT2D eigenvalue weighted by Crippen LogP contribution is 2.21. The number of carbonyl (C=O) groups excluding carboxylic acids is 1. The molecule has 1 amide bonds. The molecule has 2 aromatic rings. The largest absolute Gasteiger partial charge is 0.481 e. The van der Waals surface area contributed by atoms with Crippen LogP contribution in [0.1, 0.15) is 5.76 Å². The standard InChI is InChI=1S/C14H15FN2O5S/c1-16-14(18)9-22-13-5-4-11(7-12(13)15)23(19,20)17-8-10-3-2-6-21-10/h2-7,17H,8-9H2,1H3,(H,16,18). The summed E-state index contributed by atoms with van der Waals surface area (Å²) in [6.07, 6.45) is 1.42. The predicted molar refractivity (Wildman–Crippen MR) is 78.7 cm³/mol. The summed E-state index contributed by atoms with van der Waals surface area (Å²) in [7, 11) is -2.48. The summed E-state index contributed by atoms with van der Waals surface area (Å²) in [4.78, 5) is 10.8. The third-order valence-electron chi connectivity index (χ3n) is 2.87. The van der Waals surface area contributed by atoms with Crippen molar-refractivity contribution in [3.05, 3.63) is 48.2 Å². The van der Waals surface area contributed by atoms with E-state index in [2.05, 4.69) is 10.0 Å². The summed E-state index contributed by atoms with van der Waals surface area (Å²) >= 11 is 0. The molecule has 0 aliphatic rings. The van der Waals surface area contributed by atoms with Gasteiger partial charge in [0.15, 0.2) is 18.2 Å². The minimum absolute atomic E-state index is 0.0497. The van der Waals surface area contributed by atoms with Crippen molar-refractivity contribution in [2.45, 2.75) is 11.4 Å². The van der Waals surface area contributed by atoms with Gasteiger partial charge in [0.05, 0.1) is 17.7 Å². The second-order valence-electron chi connectivity index (χ2n) is 4.46. The summed E-state index contributed by atoms with van der Waals surface area (Å²) in [6, 6.07) is 6.40. The molecule has 0 radical (unpaired) electrons. The number of rotatable bonds is 7. The van der Waals surface area contributed by atoms with Crippen LogP contribution in [0.3, 0.4) is 0 Å². The minimum Gasteiger partial charge on any atom is -0.481 e. The normalized spacial score (nSPS) is 11.2. The van der Waals surface area contributed by atoms with Gasteiger partial charge in [0.1, 0.15) is 5.76 Å². The zero-order chi connectivity index (χ0) is 16.9. The molecular weight excluding hydrogens is 327 g/mol. The first-order valence-corrected chi connectivity index (χ1v) is 8.05. The van der Waals surface area contributed by atoms with Crippen molar-refractivity contribution in [2.75, 3.05) is 13.7 Å². The Labute approximate surface area is 132 Å². The summed E-state index contributed by atoms with van der Waals surface area (Å²) in [6.45, 7) is -0.415. The molecule has 124 valence electrons. The van der Waals surface area contributed by atoms with Crippen molar-refractivity contribution in [1.29, 1.82) is 0 Å². The molecule has 0 atom stereocenters. The molecule has 9 heteroatoms. The third-order valence-corrected chi connectivity index (χ3v) is 4.27. The van der Waals surface area contributed by atoms with Gasteiger partial charge in [-0.05, 0) is 30.3 Å². The van der Waals surface area contributed by atoms with Gasteiger partial charge < -0.3 is 14.5 Å². The van der Waals surface area contributed by atoms with Crippen molar-refractivity contribution in [1.82, 2.24) is 10.0 Å². The van der Waals surface area contributed by atoms with E-state index in [9.17, 15) is 17.6 Å². The van der Waals surface area contributed by atoms with Gasteiger partial charge in [0, 0.05) is 7.05 Å². The predicted octanol–water partition coefficient (Wildman–Crippen LogP) is 1.02. The number of furan rings is 1. The molecule has 0 aliphatic carbocycles. The van der Waals surface area contributed by atoms with Gasteiger partial charge in [-0.15, -0.1) is 0 Å². The van der Waals surface area contributed by atoms with Gasteiger partial charge in [-0.1, -0.05) is 0 Å². The van der Waals surface area contributed by atoms with Crippen molar-refractivity contribution in [3.8, 4) is 5.75 Å². The smallest absolute Gasteiger partial charge is 0.257 e. The number of hydrogen-bond donors (Lipinski definition) is 2. The number of nitrogens with one attached hydrogen (secondary N) is 2. The van der Waals surface area contributed by atoms with Crippen LogP contribution < -0.4 is 14.8 Å². The number of halogens is 1. The molecule has 0 unspecified atom stereocenters. The maximum Gasteiger partial charge on any atom is 0.257 e. The maximum absolute atomic E-state index is 13.9. The lowest BCUT2D eigenvalue weighted by atomic mass is 10.3. The number of ether oxygens (including phenoxy) is 1. The Hall–Kier alpha value is -2.39. The van der Waals surface area contributed by atoms with Crippen LogP contribution in [0.15, 0.2) is 45.9 Å². The number of carbonyl (C=O) groups is 1. The van der Waals surface area contributed by atoms with Crippen molar-refractivity contribution >= 4 is 15.9 Å². The molecule has 2 rings (SSSR count). The average Bonchev–Trinajstić information content (AvgIpc) is 3.05. The molecule has 0 fully saturated rings. The summed E-state index contributed by atoms with van der Waals surface area (Å²) in [5, 5.41) is 2.32. The van der Waals surface area contributed by atoms with Crippen LogP contribution in [0.5, 0.6) is 5.75 Å². The summed E-state index contributed by atoms with van der Waals surface area (Å²) in [5.41, 5.74) is 0. The maximum atomic E-state index is 13.9. The lowest BCUT2D eigenvalue weighted by molar-refractivity contribution is -0.122. The Morgan fingerprint density at radius 3 is 2.74 bits per heavy atom. The highest BCUT2D eigenvalue weighted by molar-refractivity contribution is 7.89. The van der Waals surface area contributed by atoms with Crippen molar-refractivity contribution in [3.63, 3.8) is 0 Å². The van der Waals surface area contributed by atoms with Crippen LogP contribution in [-0.4, -0.2) is 28.0 Å². The fraction of sp³-hybridized carbons (Fsp3) is 0.214. The van der Waals surface area contributed by atoms with Crippen LogP contribution in [0, 0.1) is 5.82 Å². The second-order valence-corrected chi connectivity index (χ2v) is 6.22. The number of hydrogen-bond acceptors (Lipinski definition) is 5. The Morgan fingerprint density at radius 1 is 1.35 bits per heavy atom. The number of sulfonamides is 1. The summed E-state index contributed by atoms with van der Waals surface area (Å²) in [5.74, 6) is -1.09. The van der Waals surface area contributed by atoms with Gasteiger partial charge in [-0.3, -0.25) is 4.79 Å². The van der Waals surface area contributed by atoms with Gasteiger partial charge in [-0.2, -0.15) is 0 Å². The van der Waals surface area contributed by atoms with E-state index in [-0.39, 0.29) is 23.8 Å². The van der Waals surface area contributed by atoms with Crippen LogP contribution in [0.2, 0.25) is 0 Å². The molecule has 1 aromatic heterocycles. The Morgan fingerprint density at radius 2 is 2.13 bits per heavy atom. The molecule has 1 aromatic carbocycles. The monoisotopic (exact) mass is 342 g/mol. The van der Waals surface area contributed by atoms with Gasteiger partial charge in [-0.25, -0.2) is 17.5 Å². The molecule has 0 spiro atoms. The first-order chi connectivity index (χ1) is 10.9. The third kappa shape index (κ3) is 4.54. The fourth-order valence-corrected chi connectivity index (χ4v) is 2.65. The minimum atomic E-state index is -3.90. The topological polar surface area (TPSA) is 97.6 Å². The molecule has 1 heterocycles.